The fourth-order valence-electron chi connectivity index (χ4n) is 2.66. The van der Waals surface area contributed by atoms with Crippen LogP contribution in [0, 0.1) is 0 Å². The SMILES string of the molecule is C[C@@H]1CN([C@@H](C)C(=O)Nc2ccc(C(N)=O)cc2)C[C@@H](C)O1. The van der Waals surface area contributed by atoms with Crippen LogP contribution in [-0.2, 0) is 9.53 Å². The molecule has 0 radical (unpaired) electrons. The van der Waals surface area contributed by atoms with Crippen molar-refractivity contribution in [1.82, 2.24) is 4.90 Å². The van der Waals surface area contributed by atoms with Crippen LogP contribution in [0.2, 0.25) is 0 Å². The summed E-state index contributed by atoms with van der Waals surface area (Å²) in [6, 6.07) is 6.30. The van der Waals surface area contributed by atoms with E-state index in [2.05, 4.69) is 10.2 Å². The van der Waals surface area contributed by atoms with E-state index in [-0.39, 0.29) is 24.2 Å². The highest BCUT2D eigenvalue weighted by Gasteiger charge is 2.29. The van der Waals surface area contributed by atoms with E-state index >= 15 is 0 Å². The summed E-state index contributed by atoms with van der Waals surface area (Å²) in [6.45, 7) is 7.38. The number of nitrogens with two attached hydrogens (primary N) is 1. The van der Waals surface area contributed by atoms with Gasteiger partial charge in [0.25, 0.3) is 0 Å². The number of carbonyl (C=O) groups excluding carboxylic acids is 2. The van der Waals surface area contributed by atoms with E-state index in [4.69, 9.17) is 10.5 Å². The Bertz CT molecular complexity index is 534. The number of morpholine rings is 1. The van der Waals surface area contributed by atoms with Crippen LogP contribution >= 0.6 is 0 Å². The van der Waals surface area contributed by atoms with Gasteiger partial charge in [0.1, 0.15) is 0 Å². The Morgan fingerprint density at radius 3 is 2.27 bits per heavy atom. The number of carbonyl (C=O) groups is 2. The maximum Gasteiger partial charge on any atom is 0.248 e. The Hall–Kier alpha value is -1.92. The minimum Gasteiger partial charge on any atom is -0.373 e. The molecule has 6 heteroatoms. The number of nitrogens with one attached hydrogen (secondary N) is 1. The molecule has 0 bridgehead atoms. The summed E-state index contributed by atoms with van der Waals surface area (Å²) in [4.78, 5) is 25.5. The molecule has 1 fully saturated rings. The summed E-state index contributed by atoms with van der Waals surface area (Å²) in [5.74, 6) is -0.560. The number of rotatable bonds is 4. The van der Waals surface area contributed by atoms with Crippen molar-refractivity contribution in [1.29, 1.82) is 0 Å². The van der Waals surface area contributed by atoms with Crippen molar-refractivity contribution in [2.75, 3.05) is 18.4 Å². The van der Waals surface area contributed by atoms with Crippen LogP contribution in [0.1, 0.15) is 31.1 Å². The number of anilines is 1. The van der Waals surface area contributed by atoms with Crippen LogP contribution in [-0.4, -0.2) is 48.1 Å². The number of ether oxygens (including phenoxy) is 1. The summed E-state index contributed by atoms with van der Waals surface area (Å²) in [5, 5.41) is 2.86. The number of benzene rings is 1. The maximum atomic E-state index is 12.4. The summed E-state index contributed by atoms with van der Waals surface area (Å²) < 4.78 is 5.68. The van der Waals surface area contributed by atoms with Crippen molar-refractivity contribution in [3.8, 4) is 0 Å². The van der Waals surface area contributed by atoms with Gasteiger partial charge in [-0.3, -0.25) is 14.5 Å². The van der Waals surface area contributed by atoms with Crippen LogP contribution in [0.5, 0.6) is 0 Å². The molecule has 120 valence electrons. The van der Waals surface area contributed by atoms with Gasteiger partial charge < -0.3 is 15.8 Å². The van der Waals surface area contributed by atoms with Gasteiger partial charge in [-0.25, -0.2) is 0 Å². The van der Waals surface area contributed by atoms with Crippen molar-refractivity contribution in [2.24, 2.45) is 5.73 Å². The molecule has 1 aromatic rings. The molecule has 1 heterocycles. The first kappa shape index (κ1) is 16.5. The van der Waals surface area contributed by atoms with Gasteiger partial charge in [-0.05, 0) is 45.0 Å². The molecule has 1 aliphatic heterocycles. The first-order valence-electron chi connectivity index (χ1n) is 7.47. The van der Waals surface area contributed by atoms with E-state index in [9.17, 15) is 9.59 Å². The second kappa shape index (κ2) is 6.89. The molecule has 1 aromatic carbocycles. The standard InChI is InChI=1S/C16H23N3O3/c1-10-8-19(9-11(2)22-10)12(3)16(21)18-14-6-4-13(5-7-14)15(17)20/h4-7,10-12H,8-9H2,1-3H3,(H2,17,20)(H,18,21)/t10-,11-,12+/m1/s1. The number of amides is 2. The minimum absolute atomic E-state index is 0.0758. The predicted octanol–water partition coefficient (Wildman–Crippen LogP) is 1.22. The highest BCUT2D eigenvalue weighted by Crippen LogP contribution is 2.15. The maximum absolute atomic E-state index is 12.4. The van der Waals surface area contributed by atoms with E-state index in [1.54, 1.807) is 24.3 Å². The van der Waals surface area contributed by atoms with Crippen LogP contribution in [0.3, 0.4) is 0 Å². The Morgan fingerprint density at radius 1 is 1.23 bits per heavy atom. The van der Waals surface area contributed by atoms with Crippen molar-refractivity contribution in [2.45, 2.75) is 39.0 Å². The zero-order valence-corrected chi connectivity index (χ0v) is 13.2. The molecule has 6 nitrogen and oxygen atoms in total. The van der Waals surface area contributed by atoms with E-state index in [1.807, 2.05) is 20.8 Å². The number of primary amides is 1. The number of nitrogens with zero attached hydrogens (tertiary/aromatic N) is 1. The summed E-state index contributed by atoms with van der Waals surface area (Å²) >= 11 is 0. The van der Waals surface area contributed by atoms with Gasteiger partial charge in [-0.2, -0.15) is 0 Å². The highest BCUT2D eigenvalue weighted by molar-refractivity contribution is 5.96. The summed E-state index contributed by atoms with van der Waals surface area (Å²) in [6.07, 6.45) is 0.239. The van der Waals surface area contributed by atoms with Crippen LogP contribution in [0.25, 0.3) is 0 Å². The third-order valence-electron chi connectivity index (χ3n) is 3.81. The lowest BCUT2D eigenvalue weighted by Gasteiger charge is -2.38. The first-order valence-corrected chi connectivity index (χ1v) is 7.47. The molecule has 3 N–H and O–H groups in total. The molecule has 0 spiro atoms. The summed E-state index contributed by atoms with van der Waals surface area (Å²) in [5.41, 5.74) is 6.26. The molecule has 1 aliphatic rings. The zero-order chi connectivity index (χ0) is 16.3. The molecule has 2 amide bonds. The van der Waals surface area contributed by atoms with Crippen molar-refractivity contribution < 1.29 is 14.3 Å². The van der Waals surface area contributed by atoms with Crippen LogP contribution < -0.4 is 11.1 Å². The topological polar surface area (TPSA) is 84.7 Å². The number of hydrogen-bond donors (Lipinski definition) is 2. The van der Waals surface area contributed by atoms with Crippen molar-refractivity contribution >= 4 is 17.5 Å². The average Bonchev–Trinajstić information content (AvgIpc) is 2.46. The Morgan fingerprint density at radius 2 is 1.77 bits per heavy atom. The lowest BCUT2D eigenvalue weighted by atomic mass is 10.1. The monoisotopic (exact) mass is 305 g/mol. The van der Waals surface area contributed by atoms with Gasteiger partial charge >= 0.3 is 0 Å². The number of hydrogen-bond acceptors (Lipinski definition) is 4. The molecule has 0 unspecified atom stereocenters. The third-order valence-corrected chi connectivity index (χ3v) is 3.81. The molecule has 3 atom stereocenters. The quantitative estimate of drug-likeness (QED) is 0.876. The van der Waals surface area contributed by atoms with Gasteiger partial charge in [0.2, 0.25) is 11.8 Å². The normalized spacial score (nSPS) is 23.8. The average molecular weight is 305 g/mol. The molecular weight excluding hydrogens is 282 g/mol. The first-order chi connectivity index (χ1) is 10.4. The smallest absolute Gasteiger partial charge is 0.248 e. The lowest BCUT2D eigenvalue weighted by Crippen LogP contribution is -2.52. The minimum atomic E-state index is -0.484. The van der Waals surface area contributed by atoms with E-state index in [0.29, 0.717) is 11.3 Å². The van der Waals surface area contributed by atoms with Gasteiger partial charge in [-0.15, -0.1) is 0 Å². The molecule has 2 rings (SSSR count). The van der Waals surface area contributed by atoms with Gasteiger partial charge in [-0.1, -0.05) is 0 Å². The van der Waals surface area contributed by atoms with Gasteiger partial charge in [0.05, 0.1) is 18.2 Å². The summed E-state index contributed by atoms with van der Waals surface area (Å²) in [7, 11) is 0. The zero-order valence-electron chi connectivity index (χ0n) is 13.2. The van der Waals surface area contributed by atoms with Crippen LogP contribution in [0.4, 0.5) is 5.69 Å². The molecule has 0 aromatic heterocycles. The van der Waals surface area contributed by atoms with E-state index in [1.165, 1.54) is 0 Å². The Balaban J connectivity index is 1.97. The van der Waals surface area contributed by atoms with Gasteiger partial charge in [0, 0.05) is 24.3 Å². The van der Waals surface area contributed by atoms with Crippen LogP contribution in [0.15, 0.2) is 24.3 Å². The predicted molar refractivity (Wildman–Crippen MR) is 84.6 cm³/mol. The molecule has 1 saturated heterocycles. The third kappa shape index (κ3) is 4.05. The van der Waals surface area contributed by atoms with Crippen molar-refractivity contribution in [3.05, 3.63) is 29.8 Å². The van der Waals surface area contributed by atoms with Crippen molar-refractivity contribution in [3.63, 3.8) is 0 Å². The highest BCUT2D eigenvalue weighted by atomic mass is 16.5. The Labute approximate surface area is 130 Å². The molecular formula is C16H23N3O3. The Kier molecular flexibility index (Phi) is 5.15. The van der Waals surface area contributed by atoms with E-state index < -0.39 is 5.91 Å². The van der Waals surface area contributed by atoms with E-state index in [0.717, 1.165) is 13.1 Å². The molecule has 22 heavy (non-hydrogen) atoms. The largest absolute Gasteiger partial charge is 0.373 e. The molecule has 0 saturated carbocycles. The second-order valence-electron chi connectivity index (χ2n) is 5.82. The fraction of sp³-hybridized carbons (Fsp3) is 0.500. The fourth-order valence-corrected chi connectivity index (χ4v) is 2.66. The lowest BCUT2D eigenvalue weighted by molar-refractivity contribution is -0.126. The second-order valence-corrected chi connectivity index (χ2v) is 5.82. The van der Waals surface area contributed by atoms with Gasteiger partial charge in [0.15, 0.2) is 0 Å². The molecule has 0 aliphatic carbocycles.